The summed E-state index contributed by atoms with van der Waals surface area (Å²) in [6, 6.07) is 49.1. The van der Waals surface area contributed by atoms with Gasteiger partial charge in [0.1, 0.15) is 6.17 Å². The third-order valence-electron chi connectivity index (χ3n) is 9.22. The number of fused-ring (bicyclic) bond motifs is 9. The zero-order chi connectivity index (χ0) is 27.9. The molecule has 9 rings (SSSR count). The van der Waals surface area contributed by atoms with Crippen molar-refractivity contribution >= 4 is 44.6 Å². The first-order valence-corrected chi connectivity index (χ1v) is 14.7. The monoisotopic (exact) mass is 539 g/mol. The van der Waals surface area contributed by atoms with Gasteiger partial charge in [-0.15, -0.1) is 0 Å². The number of para-hydroxylation sites is 5. The molecule has 3 heteroatoms. The lowest BCUT2D eigenvalue weighted by Gasteiger charge is -2.33. The highest BCUT2D eigenvalue weighted by Gasteiger charge is 2.39. The molecule has 0 saturated heterocycles. The van der Waals surface area contributed by atoms with Crippen molar-refractivity contribution in [3.05, 3.63) is 139 Å². The standard InChI is InChI=1S/C39H29N3/c1-25-13-3-8-20-33(25)40-26(2)41-34-21-9-6-16-29(34)27-14-4-5-15-28(27)31-18-11-19-32-30-17-7-10-22-35(30)42(38(31)32)37-24-12-23-36(40)39(37)41/h3-24,26H,1-2H3/t26-/m1/s1. The molecule has 3 heterocycles. The molecule has 0 aliphatic carbocycles. The maximum atomic E-state index is 2.57. The van der Waals surface area contributed by atoms with Crippen molar-refractivity contribution in [1.82, 2.24) is 4.57 Å². The van der Waals surface area contributed by atoms with E-state index in [2.05, 4.69) is 162 Å². The molecule has 0 unspecified atom stereocenters. The molecule has 0 saturated carbocycles. The van der Waals surface area contributed by atoms with Gasteiger partial charge in [-0.25, -0.2) is 0 Å². The van der Waals surface area contributed by atoms with Crippen molar-refractivity contribution in [1.29, 1.82) is 0 Å². The van der Waals surface area contributed by atoms with Crippen LogP contribution in [0.2, 0.25) is 0 Å². The van der Waals surface area contributed by atoms with Crippen LogP contribution in [0.4, 0.5) is 22.7 Å². The van der Waals surface area contributed by atoms with Crippen molar-refractivity contribution in [3.63, 3.8) is 0 Å². The van der Waals surface area contributed by atoms with Gasteiger partial charge in [-0.3, -0.25) is 0 Å². The fraction of sp³-hybridized carbons (Fsp3) is 0.0769. The van der Waals surface area contributed by atoms with Crippen LogP contribution < -0.4 is 9.80 Å². The van der Waals surface area contributed by atoms with Crippen molar-refractivity contribution in [2.45, 2.75) is 20.0 Å². The molecule has 1 aromatic heterocycles. The summed E-state index contributed by atoms with van der Waals surface area (Å²) in [6.45, 7) is 4.55. The molecule has 0 amide bonds. The molecule has 0 bridgehead atoms. The summed E-state index contributed by atoms with van der Waals surface area (Å²) in [5.74, 6) is 0. The molecular weight excluding hydrogens is 510 g/mol. The molecule has 0 fully saturated rings. The zero-order valence-electron chi connectivity index (χ0n) is 23.6. The van der Waals surface area contributed by atoms with Crippen LogP contribution in [0.5, 0.6) is 0 Å². The van der Waals surface area contributed by atoms with Crippen LogP contribution in [0.3, 0.4) is 0 Å². The number of anilines is 4. The van der Waals surface area contributed by atoms with Gasteiger partial charge in [-0.1, -0.05) is 103 Å². The van der Waals surface area contributed by atoms with Gasteiger partial charge in [0.25, 0.3) is 0 Å². The molecule has 2 aliphatic heterocycles. The number of aryl methyl sites for hydroxylation is 1. The van der Waals surface area contributed by atoms with Gasteiger partial charge in [0.15, 0.2) is 0 Å². The Morgan fingerprint density at radius 3 is 1.86 bits per heavy atom. The Balaban J connectivity index is 1.52. The van der Waals surface area contributed by atoms with Crippen molar-refractivity contribution in [2.24, 2.45) is 0 Å². The van der Waals surface area contributed by atoms with Gasteiger partial charge < -0.3 is 14.4 Å². The van der Waals surface area contributed by atoms with E-state index in [0.29, 0.717) is 0 Å². The topological polar surface area (TPSA) is 11.4 Å². The summed E-state index contributed by atoms with van der Waals surface area (Å²) in [7, 11) is 0. The number of nitrogens with zero attached hydrogens (tertiary/aromatic N) is 3. The smallest absolute Gasteiger partial charge is 0.108 e. The number of rotatable bonds is 1. The van der Waals surface area contributed by atoms with Crippen LogP contribution in [0.25, 0.3) is 49.7 Å². The lowest BCUT2D eigenvalue weighted by Crippen LogP contribution is -2.36. The molecule has 0 radical (unpaired) electrons. The second-order valence-corrected chi connectivity index (χ2v) is 11.4. The molecule has 1 atom stereocenters. The van der Waals surface area contributed by atoms with E-state index in [-0.39, 0.29) is 6.17 Å². The summed E-state index contributed by atoms with van der Waals surface area (Å²) in [5.41, 5.74) is 14.8. The Labute approximate surface area is 245 Å². The molecule has 0 N–H and O–H groups in total. The molecule has 200 valence electrons. The Morgan fingerprint density at radius 1 is 0.452 bits per heavy atom. The van der Waals surface area contributed by atoms with E-state index in [1.54, 1.807) is 0 Å². The summed E-state index contributed by atoms with van der Waals surface area (Å²) < 4.78 is 2.52. The Morgan fingerprint density at radius 2 is 1.02 bits per heavy atom. The fourth-order valence-electron chi connectivity index (χ4n) is 7.48. The third-order valence-corrected chi connectivity index (χ3v) is 9.22. The average molecular weight is 540 g/mol. The van der Waals surface area contributed by atoms with E-state index in [4.69, 9.17) is 0 Å². The van der Waals surface area contributed by atoms with Crippen molar-refractivity contribution in [2.75, 3.05) is 9.80 Å². The van der Waals surface area contributed by atoms with Crippen LogP contribution >= 0.6 is 0 Å². The largest absolute Gasteiger partial charge is 0.318 e. The van der Waals surface area contributed by atoms with Crippen LogP contribution in [0.15, 0.2) is 133 Å². The summed E-state index contributed by atoms with van der Waals surface area (Å²) in [4.78, 5) is 5.08. The van der Waals surface area contributed by atoms with Gasteiger partial charge >= 0.3 is 0 Å². The first-order valence-electron chi connectivity index (χ1n) is 14.7. The highest BCUT2D eigenvalue weighted by Crippen LogP contribution is 2.55. The second-order valence-electron chi connectivity index (χ2n) is 11.4. The van der Waals surface area contributed by atoms with Crippen molar-refractivity contribution in [3.8, 4) is 27.9 Å². The molecule has 42 heavy (non-hydrogen) atoms. The maximum Gasteiger partial charge on any atom is 0.108 e. The minimum atomic E-state index is 0.0579. The zero-order valence-corrected chi connectivity index (χ0v) is 23.6. The van der Waals surface area contributed by atoms with E-state index >= 15 is 0 Å². The lowest BCUT2D eigenvalue weighted by atomic mass is 9.91. The third kappa shape index (κ3) is 3.00. The van der Waals surface area contributed by atoms with Gasteiger partial charge in [0, 0.05) is 27.6 Å². The minimum Gasteiger partial charge on any atom is -0.318 e. The molecule has 6 aromatic carbocycles. The normalized spacial score (nSPS) is 15.0. The quantitative estimate of drug-likeness (QED) is 0.206. The van der Waals surface area contributed by atoms with Crippen LogP contribution in [0, 0.1) is 6.92 Å². The predicted molar refractivity (Wildman–Crippen MR) is 177 cm³/mol. The minimum absolute atomic E-state index is 0.0579. The number of hydrogen-bond donors (Lipinski definition) is 0. The molecule has 0 spiro atoms. The van der Waals surface area contributed by atoms with E-state index in [0.717, 1.165) is 0 Å². The van der Waals surface area contributed by atoms with Crippen molar-refractivity contribution < 1.29 is 0 Å². The van der Waals surface area contributed by atoms with Crippen LogP contribution in [-0.4, -0.2) is 10.7 Å². The Kier molecular flexibility index (Phi) is 4.80. The molecule has 7 aromatic rings. The average Bonchev–Trinajstić information content (AvgIpc) is 3.53. The van der Waals surface area contributed by atoms with Gasteiger partial charge in [-0.05, 0) is 60.9 Å². The van der Waals surface area contributed by atoms with E-state index in [1.807, 2.05) is 0 Å². The van der Waals surface area contributed by atoms with Gasteiger partial charge in [0.2, 0.25) is 0 Å². The molecule has 3 nitrogen and oxygen atoms in total. The van der Waals surface area contributed by atoms with Crippen LogP contribution in [0.1, 0.15) is 12.5 Å². The number of hydrogen-bond acceptors (Lipinski definition) is 2. The highest BCUT2D eigenvalue weighted by atomic mass is 15.4. The number of aromatic nitrogens is 1. The lowest BCUT2D eigenvalue weighted by molar-refractivity contribution is 0.759. The molecule has 2 aliphatic rings. The predicted octanol–water partition coefficient (Wildman–Crippen LogP) is 10.4. The first kappa shape index (κ1) is 23.4. The van der Waals surface area contributed by atoms with Gasteiger partial charge in [-0.2, -0.15) is 0 Å². The van der Waals surface area contributed by atoms with E-state index in [1.165, 1.54) is 78.1 Å². The summed E-state index contributed by atoms with van der Waals surface area (Å²) >= 11 is 0. The maximum absolute atomic E-state index is 2.57. The summed E-state index contributed by atoms with van der Waals surface area (Å²) in [6.07, 6.45) is 0.0579. The SMILES string of the molecule is Cc1ccccc1N1c2cccc3c2N(c2ccccc2-c2ccccc2-c2cccc4c5ccccc5n-3c24)[C@@H]1C. The number of benzene rings is 6. The Hall–Kier alpha value is -5.28. The van der Waals surface area contributed by atoms with E-state index in [9.17, 15) is 0 Å². The van der Waals surface area contributed by atoms with Crippen LogP contribution in [-0.2, 0) is 0 Å². The Bertz CT molecular complexity index is 2200. The second kappa shape index (κ2) is 8.61. The van der Waals surface area contributed by atoms with Gasteiger partial charge in [0.05, 0.1) is 33.8 Å². The fourth-order valence-corrected chi connectivity index (χ4v) is 7.48. The van der Waals surface area contributed by atoms with E-state index < -0.39 is 0 Å². The summed E-state index contributed by atoms with van der Waals surface area (Å²) in [5, 5.41) is 2.55. The highest BCUT2D eigenvalue weighted by molar-refractivity contribution is 6.16. The first-order chi connectivity index (χ1) is 20.7. The molecular formula is C39H29N3.